The Morgan fingerprint density at radius 3 is 2.80 bits per heavy atom. The lowest BCUT2D eigenvalue weighted by molar-refractivity contribution is 0.200. The van der Waals surface area contributed by atoms with Gasteiger partial charge in [0.1, 0.15) is 5.82 Å². The number of nitrogens with one attached hydrogen (secondary N) is 1. The highest BCUT2D eigenvalue weighted by Gasteiger charge is 2.39. The smallest absolute Gasteiger partial charge is 0.125 e. The summed E-state index contributed by atoms with van der Waals surface area (Å²) < 4.78 is 13.6. The van der Waals surface area contributed by atoms with Crippen LogP contribution in [0.1, 0.15) is 39.0 Å². The number of hydrogen-bond acceptors (Lipinski definition) is 2. The summed E-state index contributed by atoms with van der Waals surface area (Å²) in [6, 6.07) is 4.99. The van der Waals surface area contributed by atoms with Gasteiger partial charge >= 0.3 is 0 Å². The number of piperazine rings is 1. The minimum absolute atomic E-state index is 0.195. The molecule has 4 heteroatoms. The monoisotopic (exact) mass is 296 g/mol. The van der Waals surface area contributed by atoms with E-state index in [1.807, 2.05) is 0 Å². The van der Waals surface area contributed by atoms with Crippen LogP contribution in [0, 0.1) is 5.82 Å². The third-order valence-corrected chi connectivity index (χ3v) is 5.13. The van der Waals surface area contributed by atoms with E-state index < -0.39 is 0 Å². The Bertz CT molecular complexity index is 485. The van der Waals surface area contributed by atoms with E-state index in [9.17, 15) is 4.39 Å². The summed E-state index contributed by atoms with van der Waals surface area (Å²) in [5.74, 6) is -0.215. The van der Waals surface area contributed by atoms with Crippen molar-refractivity contribution in [3.8, 4) is 0 Å². The van der Waals surface area contributed by atoms with Crippen molar-refractivity contribution < 1.29 is 4.39 Å². The van der Waals surface area contributed by atoms with Crippen LogP contribution in [0.5, 0.6) is 0 Å². The van der Waals surface area contributed by atoms with Crippen LogP contribution in [0.2, 0.25) is 5.02 Å². The molecule has 0 radical (unpaired) electrons. The van der Waals surface area contributed by atoms with Gasteiger partial charge < -0.3 is 10.2 Å². The summed E-state index contributed by atoms with van der Waals surface area (Å²) in [5, 5.41) is 4.38. The highest BCUT2D eigenvalue weighted by atomic mass is 35.5. The maximum absolute atomic E-state index is 13.6. The third kappa shape index (κ3) is 2.66. The van der Waals surface area contributed by atoms with Gasteiger partial charge in [-0.05, 0) is 38.0 Å². The van der Waals surface area contributed by atoms with Gasteiger partial charge in [-0.1, -0.05) is 30.9 Å². The number of hydrogen-bond donors (Lipinski definition) is 1. The maximum atomic E-state index is 13.6. The molecule has 3 rings (SSSR count). The summed E-state index contributed by atoms with van der Waals surface area (Å²) in [4.78, 5) is 2.28. The lowest BCUT2D eigenvalue weighted by Gasteiger charge is -2.50. The van der Waals surface area contributed by atoms with Crippen molar-refractivity contribution in [1.29, 1.82) is 0 Å². The first-order valence-corrected chi connectivity index (χ1v) is 7.94. The van der Waals surface area contributed by atoms with Gasteiger partial charge in [-0.3, -0.25) is 0 Å². The molecule has 0 bridgehead atoms. The average Bonchev–Trinajstić information content (AvgIpc) is 2.46. The molecule has 2 aliphatic rings. The standard InChI is InChI=1S/C16H22ClFN2/c1-12-10-19-16(7-3-2-4-8-16)11-20(12)15-9-13(18)5-6-14(15)17/h5-6,9,12,19H,2-4,7-8,10-11H2,1H3. The van der Waals surface area contributed by atoms with Crippen molar-refractivity contribution in [2.75, 3.05) is 18.0 Å². The van der Waals surface area contributed by atoms with Gasteiger partial charge in [0.2, 0.25) is 0 Å². The van der Waals surface area contributed by atoms with E-state index in [0.29, 0.717) is 11.1 Å². The summed E-state index contributed by atoms with van der Waals surface area (Å²) >= 11 is 6.29. The molecule has 1 spiro atoms. The van der Waals surface area contributed by atoms with E-state index in [1.165, 1.54) is 38.2 Å². The van der Waals surface area contributed by atoms with E-state index in [-0.39, 0.29) is 11.4 Å². The number of benzene rings is 1. The molecular formula is C16H22ClFN2. The molecule has 1 saturated heterocycles. The van der Waals surface area contributed by atoms with Crippen molar-refractivity contribution >= 4 is 17.3 Å². The Labute approximate surface area is 125 Å². The molecular weight excluding hydrogens is 275 g/mol. The van der Waals surface area contributed by atoms with Crippen LogP contribution >= 0.6 is 11.6 Å². The third-order valence-electron chi connectivity index (χ3n) is 4.81. The zero-order chi connectivity index (χ0) is 14.2. The Hall–Kier alpha value is -0.800. The first kappa shape index (κ1) is 14.2. The van der Waals surface area contributed by atoms with Gasteiger partial charge in [0.05, 0.1) is 10.7 Å². The molecule has 0 aromatic heterocycles. The summed E-state index contributed by atoms with van der Waals surface area (Å²) in [6.45, 7) is 4.04. The highest BCUT2D eigenvalue weighted by molar-refractivity contribution is 6.33. The van der Waals surface area contributed by atoms with E-state index in [1.54, 1.807) is 12.1 Å². The van der Waals surface area contributed by atoms with Crippen molar-refractivity contribution in [3.63, 3.8) is 0 Å². The molecule has 1 unspecified atom stereocenters. The second-order valence-corrected chi connectivity index (χ2v) is 6.70. The number of rotatable bonds is 1. The molecule has 2 fully saturated rings. The van der Waals surface area contributed by atoms with Gasteiger partial charge in [0, 0.05) is 24.7 Å². The molecule has 2 nitrogen and oxygen atoms in total. The minimum Gasteiger partial charge on any atom is -0.364 e. The van der Waals surface area contributed by atoms with E-state index in [4.69, 9.17) is 11.6 Å². The fourth-order valence-electron chi connectivity index (χ4n) is 3.60. The SMILES string of the molecule is CC1CNC2(CCCCC2)CN1c1cc(F)ccc1Cl. The minimum atomic E-state index is -0.215. The van der Waals surface area contributed by atoms with Crippen LogP contribution in [0.4, 0.5) is 10.1 Å². The van der Waals surface area contributed by atoms with Crippen LogP contribution in [-0.4, -0.2) is 24.7 Å². The molecule has 0 amide bonds. The topological polar surface area (TPSA) is 15.3 Å². The second-order valence-electron chi connectivity index (χ2n) is 6.29. The fourth-order valence-corrected chi connectivity index (χ4v) is 3.83. The first-order chi connectivity index (χ1) is 9.60. The van der Waals surface area contributed by atoms with Crippen LogP contribution in [0.25, 0.3) is 0 Å². The van der Waals surface area contributed by atoms with Crippen molar-refractivity contribution in [2.45, 2.75) is 50.6 Å². The van der Waals surface area contributed by atoms with Crippen molar-refractivity contribution in [2.24, 2.45) is 0 Å². The van der Waals surface area contributed by atoms with Crippen LogP contribution in [0.15, 0.2) is 18.2 Å². The summed E-state index contributed by atoms with van der Waals surface area (Å²) in [5.41, 5.74) is 1.03. The molecule has 1 aliphatic carbocycles. The largest absolute Gasteiger partial charge is 0.364 e. The van der Waals surface area contributed by atoms with Crippen LogP contribution in [-0.2, 0) is 0 Å². The molecule has 1 saturated carbocycles. The lowest BCUT2D eigenvalue weighted by atomic mass is 9.79. The van der Waals surface area contributed by atoms with Crippen molar-refractivity contribution in [1.82, 2.24) is 5.32 Å². The number of anilines is 1. The van der Waals surface area contributed by atoms with Crippen LogP contribution in [0.3, 0.4) is 0 Å². The molecule has 20 heavy (non-hydrogen) atoms. The van der Waals surface area contributed by atoms with E-state index in [0.717, 1.165) is 18.8 Å². The molecule has 1 N–H and O–H groups in total. The average molecular weight is 297 g/mol. The molecule has 1 aliphatic heterocycles. The Morgan fingerprint density at radius 1 is 1.30 bits per heavy atom. The van der Waals surface area contributed by atoms with E-state index in [2.05, 4.69) is 17.1 Å². The Balaban J connectivity index is 1.88. The zero-order valence-electron chi connectivity index (χ0n) is 12.0. The fraction of sp³-hybridized carbons (Fsp3) is 0.625. The molecule has 1 aromatic carbocycles. The molecule has 1 aromatic rings. The highest BCUT2D eigenvalue weighted by Crippen LogP contribution is 2.36. The van der Waals surface area contributed by atoms with Gasteiger partial charge in [-0.2, -0.15) is 0 Å². The van der Waals surface area contributed by atoms with Crippen LogP contribution < -0.4 is 10.2 Å². The van der Waals surface area contributed by atoms with Gasteiger partial charge in [-0.15, -0.1) is 0 Å². The number of nitrogens with zero attached hydrogens (tertiary/aromatic N) is 1. The second kappa shape index (κ2) is 5.53. The quantitative estimate of drug-likeness (QED) is 0.843. The van der Waals surface area contributed by atoms with E-state index >= 15 is 0 Å². The predicted molar refractivity (Wildman–Crippen MR) is 82.0 cm³/mol. The summed E-state index contributed by atoms with van der Waals surface area (Å²) in [6.07, 6.45) is 6.32. The number of halogens is 2. The maximum Gasteiger partial charge on any atom is 0.125 e. The van der Waals surface area contributed by atoms with Crippen molar-refractivity contribution in [3.05, 3.63) is 29.0 Å². The summed E-state index contributed by atoms with van der Waals surface area (Å²) in [7, 11) is 0. The molecule has 1 atom stereocenters. The Kier molecular flexibility index (Phi) is 3.91. The Morgan fingerprint density at radius 2 is 2.05 bits per heavy atom. The van der Waals surface area contributed by atoms with Gasteiger partial charge in [0.25, 0.3) is 0 Å². The molecule has 1 heterocycles. The predicted octanol–water partition coefficient (Wildman–Crippen LogP) is 3.98. The zero-order valence-corrected chi connectivity index (χ0v) is 12.7. The van der Waals surface area contributed by atoms with Gasteiger partial charge in [0.15, 0.2) is 0 Å². The normalized spacial score (nSPS) is 25.9. The molecule has 110 valence electrons. The first-order valence-electron chi connectivity index (χ1n) is 7.56. The van der Waals surface area contributed by atoms with Gasteiger partial charge in [-0.25, -0.2) is 4.39 Å². The lowest BCUT2D eigenvalue weighted by Crippen LogP contribution is -2.64.